The Morgan fingerprint density at radius 1 is 1.44 bits per heavy atom. The number of rotatable bonds is 6. The van der Waals surface area contributed by atoms with Crippen LogP contribution >= 0.6 is 0 Å². The Bertz CT molecular complexity index is 499. The van der Waals surface area contributed by atoms with Gasteiger partial charge in [-0.2, -0.15) is 0 Å². The SMILES string of the molecule is CCOc1cc(C(C)CS(C)(=O)=O)cnc1OC. The summed E-state index contributed by atoms with van der Waals surface area (Å²) < 4.78 is 33.0. The highest BCUT2D eigenvalue weighted by atomic mass is 32.2. The van der Waals surface area contributed by atoms with Crippen LogP contribution in [-0.4, -0.2) is 39.1 Å². The minimum atomic E-state index is -3.01. The molecule has 0 aliphatic carbocycles. The zero-order chi connectivity index (χ0) is 13.8. The van der Waals surface area contributed by atoms with Crippen molar-refractivity contribution >= 4 is 9.84 Å². The van der Waals surface area contributed by atoms with Crippen LogP contribution in [0.15, 0.2) is 12.3 Å². The molecule has 6 heteroatoms. The summed E-state index contributed by atoms with van der Waals surface area (Å²) >= 11 is 0. The van der Waals surface area contributed by atoms with Gasteiger partial charge in [-0.25, -0.2) is 13.4 Å². The Morgan fingerprint density at radius 2 is 2.11 bits per heavy atom. The summed E-state index contributed by atoms with van der Waals surface area (Å²) in [4.78, 5) is 4.12. The van der Waals surface area contributed by atoms with E-state index in [-0.39, 0.29) is 11.7 Å². The van der Waals surface area contributed by atoms with E-state index in [0.717, 1.165) is 5.56 Å². The minimum Gasteiger partial charge on any atom is -0.488 e. The second-order valence-corrected chi connectivity index (χ2v) is 6.39. The first-order valence-corrected chi connectivity index (χ1v) is 7.78. The lowest BCUT2D eigenvalue weighted by Crippen LogP contribution is -2.11. The Kier molecular flexibility index (Phi) is 4.95. The molecule has 0 fully saturated rings. The molecule has 1 aromatic heterocycles. The third kappa shape index (κ3) is 4.18. The minimum absolute atomic E-state index is 0.0899. The number of methoxy groups -OCH3 is 1. The number of aromatic nitrogens is 1. The third-order valence-electron chi connectivity index (χ3n) is 2.45. The highest BCUT2D eigenvalue weighted by Crippen LogP contribution is 2.28. The molecule has 0 N–H and O–H groups in total. The van der Waals surface area contributed by atoms with E-state index in [0.29, 0.717) is 18.2 Å². The van der Waals surface area contributed by atoms with E-state index in [2.05, 4.69) is 4.98 Å². The van der Waals surface area contributed by atoms with Crippen molar-refractivity contribution in [1.82, 2.24) is 4.98 Å². The molecule has 1 rings (SSSR count). The van der Waals surface area contributed by atoms with Crippen molar-refractivity contribution in [2.75, 3.05) is 25.7 Å². The summed E-state index contributed by atoms with van der Waals surface area (Å²) in [6, 6.07) is 1.78. The van der Waals surface area contributed by atoms with E-state index in [1.54, 1.807) is 12.3 Å². The second kappa shape index (κ2) is 6.04. The van der Waals surface area contributed by atoms with Gasteiger partial charge in [0.1, 0.15) is 9.84 Å². The van der Waals surface area contributed by atoms with Gasteiger partial charge in [0.2, 0.25) is 0 Å². The fourth-order valence-corrected chi connectivity index (χ4v) is 2.78. The van der Waals surface area contributed by atoms with Gasteiger partial charge in [-0.15, -0.1) is 0 Å². The van der Waals surface area contributed by atoms with Crippen molar-refractivity contribution in [3.05, 3.63) is 17.8 Å². The molecule has 0 amide bonds. The third-order valence-corrected chi connectivity index (χ3v) is 3.56. The molecule has 1 heterocycles. The van der Waals surface area contributed by atoms with E-state index < -0.39 is 9.84 Å². The number of ether oxygens (including phenoxy) is 2. The molecular weight excluding hydrogens is 254 g/mol. The van der Waals surface area contributed by atoms with Crippen molar-refractivity contribution in [2.45, 2.75) is 19.8 Å². The average molecular weight is 273 g/mol. The summed E-state index contributed by atoms with van der Waals surface area (Å²) in [5.74, 6) is 0.912. The zero-order valence-electron chi connectivity index (χ0n) is 11.1. The lowest BCUT2D eigenvalue weighted by molar-refractivity contribution is 0.303. The first-order chi connectivity index (χ1) is 8.37. The normalized spacial score (nSPS) is 13.1. The fourth-order valence-electron chi connectivity index (χ4n) is 1.68. The van der Waals surface area contributed by atoms with Crippen molar-refractivity contribution in [3.8, 4) is 11.6 Å². The van der Waals surface area contributed by atoms with Gasteiger partial charge in [-0.3, -0.25) is 0 Å². The lowest BCUT2D eigenvalue weighted by atomic mass is 10.1. The van der Waals surface area contributed by atoms with E-state index in [1.807, 2.05) is 13.8 Å². The molecule has 0 spiro atoms. The molecule has 0 saturated heterocycles. The van der Waals surface area contributed by atoms with Gasteiger partial charge in [0.15, 0.2) is 5.75 Å². The van der Waals surface area contributed by atoms with Crippen LogP contribution in [0.1, 0.15) is 25.3 Å². The first-order valence-electron chi connectivity index (χ1n) is 5.71. The number of hydrogen-bond acceptors (Lipinski definition) is 5. The van der Waals surface area contributed by atoms with Crippen LogP contribution in [0.4, 0.5) is 0 Å². The lowest BCUT2D eigenvalue weighted by Gasteiger charge is -2.14. The molecule has 0 bridgehead atoms. The molecule has 1 atom stereocenters. The quantitative estimate of drug-likeness (QED) is 0.788. The molecule has 5 nitrogen and oxygen atoms in total. The average Bonchev–Trinajstić information content (AvgIpc) is 2.27. The Balaban J connectivity index is 3.00. The topological polar surface area (TPSA) is 65.5 Å². The number of sulfone groups is 1. The van der Waals surface area contributed by atoms with Crippen LogP contribution in [0.2, 0.25) is 0 Å². The summed E-state index contributed by atoms with van der Waals surface area (Å²) in [6.45, 7) is 4.22. The maximum absolute atomic E-state index is 11.3. The van der Waals surface area contributed by atoms with E-state index >= 15 is 0 Å². The van der Waals surface area contributed by atoms with Gasteiger partial charge < -0.3 is 9.47 Å². The molecular formula is C12H19NO4S. The number of pyridine rings is 1. The second-order valence-electron chi connectivity index (χ2n) is 4.20. The van der Waals surface area contributed by atoms with Gasteiger partial charge in [0, 0.05) is 12.5 Å². The van der Waals surface area contributed by atoms with Gasteiger partial charge in [0.05, 0.1) is 19.5 Å². The highest BCUT2D eigenvalue weighted by Gasteiger charge is 2.16. The maximum Gasteiger partial charge on any atom is 0.256 e. The van der Waals surface area contributed by atoms with Crippen LogP contribution in [0.3, 0.4) is 0 Å². The summed E-state index contributed by atoms with van der Waals surface area (Å²) in [5.41, 5.74) is 0.824. The molecule has 0 radical (unpaired) electrons. The number of hydrogen-bond donors (Lipinski definition) is 0. The van der Waals surface area contributed by atoms with Crippen LogP contribution < -0.4 is 9.47 Å². The molecule has 18 heavy (non-hydrogen) atoms. The monoisotopic (exact) mass is 273 g/mol. The van der Waals surface area contributed by atoms with Crippen LogP contribution in [-0.2, 0) is 9.84 Å². The summed E-state index contributed by atoms with van der Waals surface area (Å²) in [7, 11) is -1.49. The molecule has 102 valence electrons. The van der Waals surface area contributed by atoms with Gasteiger partial charge in [0.25, 0.3) is 5.88 Å². The molecule has 1 aromatic rings. The highest BCUT2D eigenvalue weighted by molar-refractivity contribution is 7.90. The summed E-state index contributed by atoms with van der Waals surface area (Å²) in [6.07, 6.45) is 2.85. The molecule has 0 aromatic carbocycles. The fraction of sp³-hybridized carbons (Fsp3) is 0.583. The van der Waals surface area contributed by atoms with E-state index in [9.17, 15) is 8.42 Å². The van der Waals surface area contributed by atoms with Crippen molar-refractivity contribution in [2.24, 2.45) is 0 Å². The maximum atomic E-state index is 11.3. The molecule has 1 unspecified atom stereocenters. The van der Waals surface area contributed by atoms with Gasteiger partial charge >= 0.3 is 0 Å². The summed E-state index contributed by atoms with van der Waals surface area (Å²) in [5, 5.41) is 0. The Hall–Kier alpha value is -1.30. The van der Waals surface area contributed by atoms with Gasteiger partial charge in [-0.1, -0.05) is 6.92 Å². The van der Waals surface area contributed by atoms with Crippen molar-refractivity contribution in [3.63, 3.8) is 0 Å². The van der Waals surface area contributed by atoms with Crippen molar-refractivity contribution in [1.29, 1.82) is 0 Å². The number of nitrogens with zero attached hydrogens (tertiary/aromatic N) is 1. The van der Waals surface area contributed by atoms with Gasteiger partial charge in [-0.05, 0) is 24.5 Å². The predicted octanol–water partition coefficient (Wildman–Crippen LogP) is 1.64. The smallest absolute Gasteiger partial charge is 0.256 e. The molecule has 0 saturated carbocycles. The van der Waals surface area contributed by atoms with Crippen LogP contribution in [0.5, 0.6) is 11.6 Å². The van der Waals surface area contributed by atoms with Crippen LogP contribution in [0.25, 0.3) is 0 Å². The Labute approximate surface area is 108 Å². The van der Waals surface area contributed by atoms with E-state index in [4.69, 9.17) is 9.47 Å². The molecule has 0 aliphatic heterocycles. The Morgan fingerprint density at radius 3 is 2.61 bits per heavy atom. The van der Waals surface area contributed by atoms with Crippen LogP contribution in [0, 0.1) is 0 Å². The van der Waals surface area contributed by atoms with E-state index in [1.165, 1.54) is 13.4 Å². The molecule has 0 aliphatic rings. The zero-order valence-corrected chi connectivity index (χ0v) is 12.0. The largest absolute Gasteiger partial charge is 0.488 e. The first kappa shape index (κ1) is 14.8. The standard InChI is InChI=1S/C12H19NO4S/c1-5-17-11-6-10(7-13-12(11)16-3)9(2)8-18(4,14)15/h6-7,9H,5,8H2,1-4H3. The predicted molar refractivity (Wildman–Crippen MR) is 70.1 cm³/mol. The van der Waals surface area contributed by atoms with Crippen molar-refractivity contribution < 1.29 is 17.9 Å².